The molecule has 1 aromatic rings. The van der Waals surface area contributed by atoms with Gasteiger partial charge >= 0.3 is 0 Å². The van der Waals surface area contributed by atoms with E-state index in [1.54, 1.807) is 4.57 Å². The van der Waals surface area contributed by atoms with E-state index in [-0.39, 0.29) is 12.2 Å². The molecular formula is C10H15BrN2O2. The molecule has 0 atom stereocenters. The molecular weight excluding hydrogens is 260 g/mol. The fourth-order valence-electron chi connectivity index (χ4n) is 1.37. The van der Waals surface area contributed by atoms with Crippen LogP contribution >= 0.6 is 15.9 Å². The Hall–Kier alpha value is -0.680. The van der Waals surface area contributed by atoms with Gasteiger partial charge in [0, 0.05) is 19.3 Å². The molecule has 84 valence electrons. The van der Waals surface area contributed by atoms with Crippen LogP contribution in [-0.4, -0.2) is 21.3 Å². The van der Waals surface area contributed by atoms with E-state index in [0.717, 1.165) is 25.1 Å². The molecule has 1 aromatic heterocycles. The summed E-state index contributed by atoms with van der Waals surface area (Å²) in [4.78, 5) is 15.8. The molecule has 1 heterocycles. The van der Waals surface area contributed by atoms with E-state index < -0.39 is 0 Å². The van der Waals surface area contributed by atoms with Crippen LogP contribution in [-0.2, 0) is 6.54 Å². The molecule has 0 radical (unpaired) electrons. The first-order valence-electron chi connectivity index (χ1n) is 4.99. The van der Waals surface area contributed by atoms with Gasteiger partial charge in [0.1, 0.15) is 10.3 Å². The van der Waals surface area contributed by atoms with Gasteiger partial charge in [-0.1, -0.05) is 0 Å². The Morgan fingerprint density at radius 3 is 2.87 bits per heavy atom. The number of aliphatic hydroxyl groups excluding tert-OH is 1. The van der Waals surface area contributed by atoms with Gasteiger partial charge in [-0.25, -0.2) is 4.98 Å². The van der Waals surface area contributed by atoms with Crippen molar-refractivity contribution in [2.45, 2.75) is 32.7 Å². The van der Waals surface area contributed by atoms with Crippen molar-refractivity contribution in [3.63, 3.8) is 0 Å². The van der Waals surface area contributed by atoms with E-state index >= 15 is 0 Å². The average Bonchev–Trinajstić information content (AvgIpc) is 2.23. The molecule has 0 fully saturated rings. The lowest BCUT2D eigenvalue weighted by Gasteiger charge is -2.08. The van der Waals surface area contributed by atoms with E-state index in [1.807, 2.05) is 6.92 Å². The molecule has 1 rings (SSSR count). The highest BCUT2D eigenvalue weighted by Crippen LogP contribution is 2.03. The SMILES string of the molecule is Cc1ncc(Br)c(=O)n1CCCCCO. The predicted octanol–water partition coefficient (Wildman–Crippen LogP) is 1.48. The second-order valence-corrected chi connectivity index (χ2v) is 4.25. The third-order valence-electron chi connectivity index (χ3n) is 2.24. The first-order valence-corrected chi connectivity index (χ1v) is 5.79. The van der Waals surface area contributed by atoms with Gasteiger partial charge in [0.15, 0.2) is 0 Å². The summed E-state index contributed by atoms with van der Waals surface area (Å²) in [6.45, 7) is 2.70. The maximum absolute atomic E-state index is 11.7. The summed E-state index contributed by atoms with van der Waals surface area (Å²) in [7, 11) is 0. The van der Waals surface area contributed by atoms with Crippen molar-refractivity contribution in [2.75, 3.05) is 6.61 Å². The lowest BCUT2D eigenvalue weighted by Crippen LogP contribution is -2.24. The largest absolute Gasteiger partial charge is 0.396 e. The predicted molar refractivity (Wildman–Crippen MR) is 61.9 cm³/mol. The van der Waals surface area contributed by atoms with Gasteiger partial charge in [-0.05, 0) is 42.1 Å². The van der Waals surface area contributed by atoms with Crippen molar-refractivity contribution in [1.29, 1.82) is 0 Å². The van der Waals surface area contributed by atoms with Gasteiger partial charge in [0.05, 0.1) is 0 Å². The smallest absolute Gasteiger partial charge is 0.267 e. The molecule has 0 unspecified atom stereocenters. The van der Waals surface area contributed by atoms with Crippen LogP contribution in [0.4, 0.5) is 0 Å². The fraction of sp³-hybridized carbons (Fsp3) is 0.600. The highest BCUT2D eigenvalue weighted by atomic mass is 79.9. The minimum atomic E-state index is -0.0356. The molecule has 0 spiro atoms. The van der Waals surface area contributed by atoms with Crippen LogP contribution in [0.3, 0.4) is 0 Å². The molecule has 1 N–H and O–H groups in total. The minimum Gasteiger partial charge on any atom is -0.396 e. The Morgan fingerprint density at radius 1 is 1.47 bits per heavy atom. The Kier molecular flexibility index (Phi) is 4.98. The summed E-state index contributed by atoms with van der Waals surface area (Å²) in [5, 5.41) is 8.63. The zero-order valence-corrected chi connectivity index (χ0v) is 10.3. The molecule has 15 heavy (non-hydrogen) atoms. The van der Waals surface area contributed by atoms with Gasteiger partial charge in [-0.15, -0.1) is 0 Å². The van der Waals surface area contributed by atoms with Crippen molar-refractivity contribution in [1.82, 2.24) is 9.55 Å². The van der Waals surface area contributed by atoms with E-state index in [1.165, 1.54) is 6.20 Å². The zero-order valence-electron chi connectivity index (χ0n) is 8.74. The number of hydrogen-bond donors (Lipinski definition) is 1. The van der Waals surface area contributed by atoms with Crippen LogP contribution in [0.5, 0.6) is 0 Å². The second-order valence-electron chi connectivity index (χ2n) is 3.39. The number of aromatic nitrogens is 2. The Morgan fingerprint density at radius 2 is 2.20 bits per heavy atom. The second kappa shape index (κ2) is 6.02. The van der Waals surface area contributed by atoms with Crippen LogP contribution in [0.1, 0.15) is 25.1 Å². The first-order chi connectivity index (χ1) is 7.16. The Bertz CT molecular complexity index is 376. The number of aliphatic hydroxyl groups is 1. The fourth-order valence-corrected chi connectivity index (χ4v) is 1.69. The third kappa shape index (κ3) is 3.43. The van der Waals surface area contributed by atoms with Gasteiger partial charge < -0.3 is 5.11 Å². The van der Waals surface area contributed by atoms with E-state index in [9.17, 15) is 4.79 Å². The maximum Gasteiger partial charge on any atom is 0.267 e. The molecule has 0 bridgehead atoms. The van der Waals surface area contributed by atoms with Crippen LogP contribution < -0.4 is 5.56 Å². The summed E-state index contributed by atoms with van der Waals surface area (Å²) in [5.74, 6) is 0.729. The van der Waals surface area contributed by atoms with E-state index in [4.69, 9.17) is 5.11 Å². The van der Waals surface area contributed by atoms with Gasteiger partial charge in [0.2, 0.25) is 0 Å². The summed E-state index contributed by atoms with van der Waals surface area (Å²) in [5.41, 5.74) is -0.0356. The zero-order chi connectivity index (χ0) is 11.3. The van der Waals surface area contributed by atoms with E-state index in [0.29, 0.717) is 11.0 Å². The number of nitrogens with zero attached hydrogens (tertiary/aromatic N) is 2. The van der Waals surface area contributed by atoms with Crippen LogP contribution in [0.2, 0.25) is 0 Å². The molecule has 0 aliphatic rings. The molecule has 0 saturated carbocycles. The van der Waals surface area contributed by atoms with Crippen molar-refractivity contribution in [3.8, 4) is 0 Å². The summed E-state index contributed by atoms with van der Waals surface area (Å²) in [6, 6.07) is 0. The van der Waals surface area contributed by atoms with Gasteiger partial charge in [0.25, 0.3) is 5.56 Å². The Labute approximate surface area is 97.1 Å². The minimum absolute atomic E-state index is 0.0356. The molecule has 0 aliphatic heterocycles. The molecule has 0 aliphatic carbocycles. The van der Waals surface area contributed by atoms with Crippen molar-refractivity contribution in [3.05, 3.63) is 26.8 Å². The van der Waals surface area contributed by atoms with Crippen LogP contribution in [0.15, 0.2) is 15.5 Å². The topological polar surface area (TPSA) is 55.1 Å². The van der Waals surface area contributed by atoms with Crippen molar-refractivity contribution >= 4 is 15.9 Å². The lowest BCUT2D eigenvalue weighted by molar-refractivity contribution is 0.281. The standard InChI is InChI=1S/C10H15BrN2O2/c1-8-12-7-9(11)10(15)13(8)5-3-2-4-6-14/h7,14H,2-6H2,1H3. The highest BCUT2D eigenvalue weighted by Gasteiger charge is 2.04. The number of unbranched alkanes of at least 4 members (excludes halogenated alkanes) is 2. The molecule has 0 amide bonds. The monoisotopic (exact) mass is 274 g/mol. The van der Waals surface area contributed by atoms with Gasteiger partial charge in [-0.2, -0.15) is 0 Å². The van der Waals surface area contributed by atoms with Gasteiger partial charge in [-0.3, -0.25) is 9.36 Å². The lowest BCUT2D eigenvalue weighted by atomic mass is 10.2. The van der Waals surface area contributed by atoms with Crippen molar-refractivity contribution in [2.24, 2.45) is 0 Å². The highest BCUT2D eigenvalue weighted by molar-refractivity contribution is 9.10. The molecule has 0 aromatic carbocycles. The number of hydrogen-bond acceptors (Lipinski definition) is 3. The normalized spacial score (nSPS) is 10.6. The number of halogens is 1. The molecule has 4 nitrogen and oxygen atoms in total. The summed E-state index contributed by atoms with van der Waals surface area (Å²) >= 11 is 3.17. The molecule has 0 saturated heterocycles. The third-order valence-corrected chi connectivity index (χ3v) is 2.79. The first kappa shape index (κ1) is 12.4. The Balaban J connectivity index is 2.68. The average molecular weight is 275 g/mol. The van der Waals surface area contributed by atoms with Crippen molar-refractivity contribution < 1.29 is 5.11 Å². The number of rotatable bonds is 5. The molecule has 5 heteroatoms. The summed E-state index contributed by atoms with van der Waals surface area (Å²) in [6.07, 6.45) is 4.13. The van der Waals surface area contributed by atoms with Crippen LogP contribution in [0.25, 0.3) is 0 Å². The maximum atomic E-state index is 11.7. The number of aryl methyl sites for hydroxylation is 1. The van der Waals surface area contributed by atoms with Crippen LogP contribution in [0, 0.1) is 6.92 Å². The summed E-state index contributed by atoms with van der Waals surface area (Å²) < 4.78 is 2.15. The quantitative estimate of drug-likeness (QED) is 0.828. The van der Waals surface area contributed by atoms with E-state index in [2.05, 4.69) is 20.9 Å².